The van der Waals surface area contributed by atoms with Crippen LogP contribution in [0.1, 0.15) is 25.3 Å². The van der Waals surface area contributed by atoms with Gasteiger partial charge in [-0.15, -0.1) is 0 Å². The number of carbonyl (C=O) groups is 1. The van der Waals surface area contributed by atoms with E-state index in [9.17, 15) is 13.2 Å². The van der Waals surface area contributed by atoms with Crippen LogP contribution in [0.4, 0.5) is 5.69 Å². The molecule has 34 heavy (non-hydrogen) atoms. The summed E-state index contributed by atoms with van der Waals surface area (Å²) in [6.45, 7) is 1.54. The summed E-state index contributed by atoms with van der Waals surface area (Å²) < 4.78 is 33.6. The highest BCUT2D eigenvalue weighted by molar-refractivity contribution is 7.92. The number of hydrogen-bond acceptors (Lipinski definition) is 6. The SMILES string of the molecule is CCCCOC(=O)CN(c1cccc2c(C(N)=NO)cccc12)S(=O)(=O)c1cc(Cl)cc(Cl)c1. The van der Waals surface area contributed by atoms with Crippen LogP contribution in [0.15, 0.2) is 64.6 Å². The van der Waals surface area contributed by atoms with Crippen molar-refractivity contribution in [3.05, 3.63) is 70.2 Å². The highest BCUT2D eigenvalue weighted by Crippen LogP contribution is 2.34. The maximum Gasteiger partial charge on any atom is 0.326 e. The van der Waals surface area contributed by atoms with Crippen LogP contribution in [0, 0.1) is 0 Å². The number of esters is 1. The Bertz CT molecular complexity index is 1330. The molecule has 0 aliphatic heterocycles. The molecule has 0 atom stereocenters. The fourth-order valence-corrected chi connectivity index (χ4v) is 5.54. The minimum absolute atomic E-state index is 0.128. The van der Waals surface area contributed by atoms with E-state index in [0.717, 1.165) is 10.7 Å². The molecule has 0 saturated carbocycles. The van der Waals surface area contributed by atoms with Gasteiger partial charge in [-0.2, -0.15) is 0 Å². The quantitative estimate of drug-likeness (QED) is 0.104. The van der Waals surface area contributed by atoms with Gasteiger partial charge in [0.25, 0.3) is 10.0 Å². The zero-order valence-corrected chi connectivity index (χ0v) is 20.6. The van der Waals surface area contributed by atoms with Crippen LogP contribution in [0.5, 0.6) is 0 Å². The maximum absolute atomic E-state index is 13.7. The van der Waals surface area contributed by atoms with Gasteiger partial charge >= 0.3 is 5.97 Å². The van der Waals surface area contributed by atoms with Crippen LogP contribution in [0.25, 0.3) is 10.8 Å². The second kappa shape index (κ2) is 10.9. The van der Waals surface area contributed by atoms with Gasteiger partial charge in [-0.1, -0.05) is 72.0 Å². The Kier molecular flexibility index (Phi) is 8.24. The van der Waals surface area contributed by atoms with E-state index in [1.807, 2.05) is 6.92 Å². The molecule has 3 rings (SSSR count). The summed E-state index contributed by atoms with van der Waals surface area (Å²) in [4.78, 5) is 12.4. The van der Waals surface area contributed by atoms with Crippen molar-refractivity contribution in [2.24, 2.45) is 10.9 Å². The first kappa shape index (κ1) is 25.6. The monoisotopic (exact) mass is 523 g/mol. The third kappa shape index (κ3) is 5.55. The third-order valence-electron chi connectivity index (χ3n) is 5.01. The normalized spacial score (nSPS) is 12.0. The second-order valence-electron chi connectivity index (χ2n) is 7.35. The summed E-state index contributed by atoms with van der Waals surface area (Å²) in [5.41, 5.74) is 6.41. The number of benzene rings is 3. The van der Waals surface area contributed by atoms with Gasteiger partial charge in [0, 0.05) is 21.0 Å². The third-order valence-corrected chi connectivity index (χ3v) is 7.18. The molecule has 0 fully saturated rings. The summed E-state index contributed by atoms with van der Waals surface area (Å²) >= 11 is 12.1. The highest BCUT2D eigenvalue weighted by atomic mass is 35.5. The molecule has 180 valence electrons. The molecule has 0 saturated heterocycles. The molecule has 0 bridgehead atoms. The van der Waals surface area contributed by atoms with Crippen LogP contribution in [-0.4, -0.2) is 38.6 Å². The number of oxime groups is 1. The fourth-order valence-electron chi connectivity index (χ4n) is 3.39. The minimum Gasteiger partial charge on any atom is -0.464 e. The zero-order chi connectivity index (χ0) is 24.9. The van der Waals surface area contributed by atoms with Crippen molar-refractivity contribution in [1.82, 2.24) is 0 Å². The van der Waals surface area contributed by atoms with E-state index >= 15 is 0 Å². The molecule has 3 N–H and O–H groups in total. The zero-order valence-electron chi connectivity index (χ0n) is 18.2. The van der Waals surface area contributed by atoms with Gasteiger partial charge in [0.15, 0.2) is 5.84 Å². The molecular weight excluding hydrogens is 501 g/mol. The Hall–Kier alpha value is -3.01. The van der Waals surface area contributed by atoms with Gasteiger partial charge < -0.3 is 15.7 Å². The molecule has 0 aliphatic rings. The van der Waals surface area contributed by atoms with Crippen LogP contribution in [-0.2, 0) is 19.6 Å². The van der Waals surface area contributed by atoms with Gasteiger partial charge in [-0.05, 0) is 36.1 Å². The van der Waals surface area contributed by atoms with Gasteiger partial charge in [0.1, 0.15) is 6.54 Å². The Morgan fingerprint density at radius 1 is 1.09 bits per heavy atom. The molecular formula is C23H23Cl2N3O5S. The number of fused-ring (bicyclic) bond motifs is 1. The lowest BCUT2D eigenvalue weighted by atomic mass is 10.0. The molecule has 0 radical (unpaired) electrons. The lowest BCUT2D eigenvalue weighted by Gasteiger charge is -2.25. The Labute approximate surface area is 207 Å². The van der Waals surface area contributed by atoms with Crippen LogP contribution in [0.3, 0.4) is 0 Å². The van der Waals surface area contributed by atoms with Crippen molar-refractivity contribution in [2.75, 3.05) is 17.5 Å². The lowest BCUT2D eigenvalue weighted by Crippen LogP contribution is -2.37. The van der Waals surface area contributed by atoms with E-state index < -0.39 is 22.5 Å². The van der Waals surface area contributed by atoms with E-state index in [4.69, 9.17) is 38.9 Å². The summed E-state index contributed by atoms with van der Waals surface area (Å²) in [6, 6.07) is 13.7. The number of ether oxygens (including phenoxy) is 1. The Morgan fingerprint density at radius 3 is 2.38 bits per heavy atom. The number of amidine groups is 1. The van der Waals surface area contributed by atoms with Crippen LogP contribution < -0.4 is 10.0 Å². The van der Waals surface area contributed by atoms with Crippen molar-refractivity contribution < 1.29 is 23.2 Å². The lowest BCUT2D eigenvalue weighted by molar-refractivity contribution is -0.141. The summed E-state index contributed by atoms with van der Waals surface area (Å²) in [6.07, 6.45) is 1.47. The van der Waals surface area contributed by atoms with E-state index in [-0.39, 0.29) is 33.1 Å². The Morgan fingerprint density at radius 2 is 1.74 bits per heavy atom. The molecule has 0 unspecified atom stereocenters. The predicted molar refractivity (Wildman–Crippen MR) is 133 cm³/mol. The van der Waals surface area contributed by atoms with Gasteiger partial charge in [-0.3, -0.25) is 9.10 Å². The first-order valence-electron chi connectivity index (χ1n) is 10.3. The maximum atomic E-state index is 13.7. The van der Waals surface area contributed by atoms with Crippen molar-refractivity contribution in [1.29, 1.82) is 0 Å². The summed E-state index contributed by atoms with van der Waals surface area (Å²) in [5, 5.41) is 13.4. The average molecular weight is 524 g/mol. The molecule has 3 aromatic rings. The van der Waals surface area contributed by atoms with Crippen molar-refractivity contribution in [3.63, 3.8) is 0 Å². The number of nitrogens with zero attached hydrogens (tertiary/aromatic N) is 2. The molecule has 0 aromatic heterocycles. The highest BCUT2D eigenvalue weighted by Gasteiger charge is 2.30. The molecule has 8 nitrogen and oxygen atoms in total. The summed E-state index contributed by atoms with van der Waals surface area (Å²) in [7, 11) is -4.30. The fraction of sp³-hybridized carbons (Fsp3) is 0.217. The van der Waals surface area contributed by atoms with Crippen molar-refractivity contribution >= 4 is 61.5 Å². The Balaban J connectivity index is 2.20. The molecule has 0 aliphatic carbocycles. The van der Waals surface area contributed by atoms with E-state index in [1.54, 1.807) is 36.4 Å². The number of anilines is 1. The molecule has 0 amide bonds. The van der Waals surface area contributed by atoms with E-state index in [1.165, 1.54) is 18.2 Å². The predicted octanol–water partition coefficient (Wildman–Crippen LogP) is 4.78. The number of sulfonamides is 1. The first-order valence-corrected chi connectivity index (χ1v) is 12.5. The van der Waals surface area contributed by atoms with Gasteiger partial charge in [-0.25, -0.2) is 8.42 Å². The molecule has 0 heterocycles. The number of unbranched alkanes of at least 4 members (excludes halogenated alkanes) is 1. The smallest absolute Gasteiger partial charge is 0.326 e. The summed E-state index contributed by atoms with van der Waals surface area (Å²) in [5.74, 6) is -0.854. The van der Waals surface area contributed by atoms with Crippen molar-refractivity contribution in [2.45, 2.75) is 24.7 Å². The van der Waals surface area contributed by atoms with E-state index in [2.05, 4.69) is 5.16 Å². The first-order chi connectivity index (χ1) is 16.2. The number of hydrogen-bond donors (Lipinski definition) is 2. The topological polar surface area (TPSA) is 122 Å². The molecule has 3 aromatic carbocycles. The number of carbonyl (C=O) groups excluding carboxylic acids is 1. The number of rotatable bonds is 9. The van der Waals surface area contributed by atoms with Crippen LogP contribution >= 0.6 is 23.2 Å². The minimum atomic E-state index is -4.30. The van der Waals surface area contributed by atoms with Crippen molar-refractivity contribution in [3.8, 4) is 0 Å². The second-order valence-corrected chi connectivity index (χ2v) is 10.1. The standard InChI is InChI=1S/C23H23Cl2N3O5S/c1-2-3-10-33-22(29)14-28(34(31,32)17-12-15(24)11-16(25)13-17)21-9-5-6-18-19(21)7-4-8-20(18)23(26)27-30/h4-9,11-13,30H,2-3,10,14H2,1H3,(H2,26,27). The number of nitrogens with two attached hydrogens (primary N) is 1. The molecule has 11 heteroatoms. The van der Waals surface area contributed by atoms with Crippen LogP contribution in [0.2, 0.25) is 10.0 Å². The largest absolute Gasteiger partial charge is 0.464 e. The molecule has 0 spiro atoms. The number of halogens is 2. The average Bonchev–Trinajstić information content (AvgIpc) is 2.81. The van der Waals surface area contributed by atoms with Gasteiger partial charge in [0.2, 0.25) is 0 Å². The van der Waals surface area contributed by atoms with Gasteiger partial charge in [0.05, 0.1) is 17.2 Å². The van der Waals surface area contributed by atoms with E-state index in [0.29, 0.717) is 22.8 Å².